The Labute approximate surface area is 204 Å². The van der Waals surface area contributed by atoms with Crippen molar-refractivity contribution in [3.63, 3.8) is 0 Å². The molecule has 11 heteroatoms. The zero-order chi connectivity index (χ0) is 24.5. The second kappa shape index (κ2) is 7.68. The number of likely N-dealkylation sites (tertiary alicyclic amines) is 1. The van der Waals surface area contributed by atoms with Gasteiger partial charge in [0.15, 0.2) is 5.82 Å². The molecule has 5 unspecified atom stereocenters. The van der Waals surface area contributed by atoms with Gasteiger partial charge >= 0.3 is 6.18 Å². The van der Waals surface area contributed by atoms with E-state index in [2.05, 4.69) is 20.3 Å². The molecule has 2 aliphatic heterocycles. The van der Waals surface area contributed by atoms with Crippen molar-refractivity contribution in [2.45, 2.75) is 44.1 Å². The summed E-state index contributed by atoms with van der Waals surface area (Å²) in [5.41, 5.74) is 0.113. The molecule has 1 spiro atoms. The van der Waals surface area contributed by atoms with Crippen LogP contribution in [0.4, 0.5) is 13.2 Å². The summed E-state index contributed by atoms with van der Waals surface area (Å²) < 4.78 is 44.9. The fourth-order valence-corrected chi connectivity index (χ4v) is 5.90. The lowest BCUT2D eigenvalue weighted by molar-refractivity contribution is -0.138. The van der Waals surface area contributed by atoms with Crippen LogP contribution in [0.1, 0.15) is 31.2 Å². The molecular weight excluding hydrogens is 483 g/mol. The van der Waals surface area contributed by atoms with Crippen LogP contribution in [0.25, 0.3) is 5.70 Å². The van der Waals surface area contributed by atoms with Crippen LogP contribution in [-0.2, 0) is 11.0 Å². The maximum Gasteiger partial charge on any atom is 0.417 e. The van der Waals surface area contributed by atoms with Crippen LogP contribution in [-0.4, -0.2) is 50.5 Å². The van der Waals surface area contributed by atoms with E-state index in [0.717, 1.165) is 12.5 Å². The average molecular weight is 504 g/mol. The van der Waals surface area contributed by atoms with Crippen LogP contribution < -0.4 is 10.1 Å². The number of pyridine rings is 1. The number of nitrogens with zero attached hydrogens (tertiary/aromatic N) is 4. The lowest BCUT2D eigenvalue weighted by atomic mass is 9.73. The van der Waals surface area contributed by atoms with Gasteiger partial charge in [-0.25, -0.2) is 15.0 Å². The summed E-state index contributed by atoms with van der Waals surface area (Å²) in [4.78, 5) is 28.0. The molecule has 35 heavy (non-hydrogen) atoms. The molecule has 0 aromatic carbocycles. The molecule has 5 atom stereocenters. The van der Waals surface area contributed by atoms with Crippen molar-refractivity contribution in [1.82, 2.24) is 25.2 Å². The minimum atomic E-state index is -4.54. The maximum atomic E-state index is 13.8. The van der Waals surface area contributed by atoms with Crippen molar-refractivity contribution < 1.29 is 22.7 Å². The van der Waals surface area contributed by atoms with Crippen LogP contribution in [0, 0.1) is 11.3 Å². The van der Waals surface area contributed by atoms with Gasteiger partial charge in [-0.05, 0) is 43.9 Å². The Morgan fingerprint density at radius 3 is 2.74 bits per heavy atom. The molecule has 1 N–H and O–H groups in total. The van der Waals surface area contributed by atoms with Gasteiger partial charge in [-0.2, -0.15) is 13.2 Å². The zero-order valence-electron chi connectivity index (χ0n) is 18.6. The largest absolute Gasteiger partial charge is 0.471 e. The predicted molar refractivity (Wildman–Crippen MR) is 120 cm³/mol. The van der Waals surface area contributed by atoms with Crippen molar-refractivity contribution >= 4 is 23.2 Å². The van der Waals surface area contributed by atoms with Crippen LogP contribution in [0.5, 0.6) is 5.88 Å². The Morgan fingerprint density at radius 2 is 2.03 bits per heavy atom. The molecule has 7 nitrogen and oxygen atoms in total. The number of halogens is 4. The standard InChI is InChI=1S/C24H21ClF3N5O2/c1-12-3-4-15(18(32-12)20-29-5-2-6-30-20)22(34)33-11-14-8-23(14)9-17(19(23)33)35-21-16(25)7-13(10-31-21)24(26,27)28/h2-7,10,12,14,17,19,32H,8-9,11H2,1H3. The fourth-order valence-electron chi connectivity index (χ4n) is 5.69. The van der Waals surface area contributed by atoms with E-state index in [4.69, 9.17) is 16.3 Å². The highest BCUT2D eigenvalue weighted by molar-refractivity contribution is 6.31. The molecule has 1 saturated heterocycles. The first-order valence-electron chi connectivity index (χ1n) is 11.3. The van der Waals surface area contributed by atoms with E-state index in [0.29, 0.717) is 42.2 Å². The van der Waals surface area contributed by atoms with Gasteiger partial charge in [0.25, 0.3) is 5.91 Å². The summed E-state index contributed by atoms with van der Waals surface area (Å²) in [6.45, 7) is 2.57. The lowest BCUT2D eigenvalue weighted by Crippen LogP contribution is -2.59. The lowest BCUT2D eigenvalue weighted by Gasteiger charge is -2.47. The Kier molecular flexibility index (Phi) is 4.90. The van der Waals surface area contributed by atoms with Crippen molar-refractivity contribution in [3.8, 4) is 5.88 Å². The zero-order valence-corrected chi connectivity index (χ0v) is 19.3. The summed E-state index contributed by atoms with van der Waals surface area (Å²) >= 11 is 6.06. The summed E-state index contributed by atoms with van der Waals surface area (Å²) in [6, 6.07) is 2.34. The molecule has 3 fully saturated rings. The van der Waals surface area contributed by atoms with E-state index in [1.807, 2.05) is 17.9 Å². The number of nitrogens with one attached hydrogen (secondary N) is 1. The first kappa shape index (κ1) is 22.3. The highest BCUT2D eigenvalue weighted by Gasteiger charge is 2.76. The van der Waals surface area contributed by atoms with Crippen molar-refractivity contribution in [3.05, 3.63) is 64.9 Å². The number of carbonyl (C=O) groups excluding carboxylic acids is 1. The molecule has 6 rings (SSSR count). The predicted octanol–water partition coefficient (Wildman–Crippen LogP) is 3.87. The summed E-state index contributed by atoms with van der Waals surface area (Å²) in [6.07, 6.45) is 4.45. The molecule has 2 saturated carbocycles. The first-order chi connectivity index (χ1) is 16.7. The monoisotopic (exact) mass is 503 g/mol. The first-order valence-corrected chi connectivity index (χ1v) is 11.7. The number of alkyl halides is 3. The molecule has 0 radical (unpaired) electrons. The van der Waals surface area contributed by atoms with E-state index in [9.17, 15) is 18.0 Å². The molecule has 4 aliphatic rings. The molecule has 182 valence electrons. The van der Waals surface area contributed by atoms with E-state index < -0.39 is 17.8 Å². The van der Waals surface area contributed by atoms with Crippen LogP contribution in [0.3, 0.4) is 0 Å². The van der Waals surface area contributed by atoms with Gasteiger partial charge in [0.2, 0.25) is 5.88 Å². The average Bonchev–Trinajstić information content (AvgIpc) is 3.48. The van der Waals surface area contributed by atoms with Gasteiger partial charge in [-0.1, -0.05) is 17.7 Å². The Balaban J connectivity index is 1.27. The number of hydrogen-bond donors (Lipinski definition) is 1. The van der Waals surface area contributed by atoms with Crippen molar-refractivity contribution in [2.75, 3.05) is 6.54 Å². The highest BCUT2D eigenvalue weighted by atomic mass is 35.5. The van der Waals surface area contributed by atoms with Gasteiger partial charge in [-0.3, -0.25) is 4.79 Å². The van der Waals surface area contributed by atoms with Crippen LogP contribution >= 0.6 is 11.6 Å². The minimum absolute atomic E-state index is 0.00177. The summed E-state index contributed by atoms with van der Waals surface area (Å²) in [5, 5.41) is 3.09. The third-order valence-corrected chi connectivity index (χ3v) is 7.70. The number of carbonyl (C=O) groups is 1. The smallest absolute Gasteiger partial charge is 0.417 e. The van der Waals surface area contributed by atoms with E-state index in [1.165, 1.54) is 0 Å². The highest BCUT2D eigenvalue weighted by Crippen LogP contribution is 2.71. The van der Waals surface area contributed by atoms with Gasteiger partial charge in [0.05, 0.1) is 22.9 Å². The van der Waals surface area contributed by atoms with Gasteiger partial charge < -0.3 is 15.0 Å². The number of aromatic nitrogens is 3. The van der Waals surface area contributed by atoms with Gasteiger partial charge in [-0.15, -0.1) is 0 Å². The van der Waals surface area contributed by atoms with Crippen molar-refractivity contribution in [2.24, 2.45) is 11.3 Å². The summed E-state index contributed by atoms with van der Waals surface area (Å²) in [5.74, 6) is 0.623. The molecular formula is C24H21ClF3N5O2. The number of piperidine rings is 1. The Bertz CT molecular complexity index is 1270. The number of rotatable bonds is 4. The third kappa shape index (κ3) is 3.57. The number of ether oxygens (including phenoxy) is 1. The van der Waals surface area contributed by atoms with E-state index in [1.54, 1.807) is 24.5 Å². The maximum absolute atomic E-state index is 13.8. The Hall–Kier alpha value is -3.14. The topological polar surface area (TPSA) is 80.2 Å². The van der Waals surface area contributed by atoms with Crippen molar-refractivity contribution in [1.29, 1.82) is 0 Å². The van der Waals surface area contributed by atoms with E-state index >= 15 is 0 Å². The molecule has 2 aromatic rings. The van der Waals surface area contributed by atoms with Crippen LogP contribution in [0.15, 0.2) is 48.4 Å². The minimum Gasteiger partial charge on any atom is -0.471 e. The molecule has 1 amide bonds. The second-order valence-electron chi connectivity index (χ2n) is 9.56. The molecule has 2 aromatic heterocycles. The molecule has 4 heterocycles. The molecule has 0 bridgehead atoms. The summed E-state index contributed by atoms with van der Waals surface area (Å²) in [7, 11) is 0. The van der Waals surface area contributed by atoms with Crippen LogP contribution in [0.2, 0.25) is 5.02 Å². The fraction of sp³-hybridized carbons (Fsp3) is 0.417. The SMILES string of the molecule is CC1C=CC(C(=O)N2CC3CC34CC(Oc3ncc(C(F)(F)F)cc3Cl)C24)=C(c2ncccn2)N1. The molecule has 2 aliphatic carbocycles. The third-order valence-electron chi connectivity index (χ3n) is 7.43. The number of dihydropyridines is 1. The number of amides is 1. The van der Waals surface area contributed by atoms with E-state index in [-0.39, 0.29) is 34.3 Å². The quantitative estimate of drug-likeness (QED) is 0.682. The normalized spacial score (nSPS) is 30.8. The van der Waals surface area contributed by atoms with Gasteiger partial charge in [0, 0.05) is 36.6 Å². The second-order valence-corrected chi connectivity index (χ2v) is 9.97. The Morgan fingerprint density at radius 1 is 1.26 bits per heavy atom. The number of hydrogen-bond acceptors (Lipinski definition) is 6. The van der Waals surface area contributed by atoms with Gasteiger partial charge in [0.1, 0.15) is 11.1 Å².